The van der Waals surface area contributed by atoms with Crippen molar-refractivity contribution in [2.75, 3.05) is 20.3 Å². The lowest BCUT2D eigenvalue weighted by atomic mass is 9.88. The van der Waals surface area contributed by atoms with Gasteiger partial charge in [0.05, 0.1) is 31.9 Å². The smallest absolute Gasteiger partial charge is 0.119 e. The van der Waals surface area contributed by atoms with E-state index in [0.29, 0.717) is 19.4 Å². The molecule has 0 amide bonds. The molecule has 2 fully saturated rings. The number of aryl methyl sites for hydroxylation is 2. The van der Waals surface area contributed by atoms with Crippen LogP contribution in [0.25, 0.3) is 10.9 Å². The Morgan fingerprint density at radius 2 is 2.00 bits per heavy atom. The van der Waals surface area contributed by atoms with Gasteiger partial charge in [0, 0.05) is 18.1 Å². The Bertz CT molecular complexity index is 1090. The lowest BCUT2D eigenvalue weighted by molar-refractivity contribution is -0.0697. The second kappa shape index (κ2) is 8.79. The molecule has 4 atom stereocenters. The molecular weight excluding hydrogens is 404 g/mol. The fourth-order valence-electron chi connectivity index (χ4n) is 4.82. The SMILES string of the molecule is COc1ccc2nccc(CC[C@@]3(O)CO[C@@H]4[C@@H](NCc5ccc(C)cc5)CO[C@@H]43)c2c1. The van der Waals surface area contributed by atoms with Crippen LogP contribution < -0.4 is 10.1 Å². The minimum absolute atomic E-state index is 0.0707. The number of hydrogen-bond acceptors (Lipinski definition) is 6. The second-order valence-electron chi connectivity index (χ2n) is 8.96. The second-order valence-corrected chi connectivity index (χ2v) is 8.96. The van der Waals surface area contributed by atoms with Gasteiger partial charge in [0.1, 0.15) is 23.6 Å². The number of rotatable bonds is 7. The van der Waals surface area contributed by atoms with Crippen molar-refractivity contribution in [1.29, 1.82) is 0 Å². The third kappa shape index (κ3) is 4.11. The highest BCUT2D eigenvalue weighted by Gasteiger charge is 2.55. The van der Waals surface area contributed by atoms with Crippen molar-refractivity contribution in [2.45, 2.75) is 50.2 Å². The van der Waals surface area contributed by atoms with Crippen LogP contribution in [0.5, 0.6) is 5.75 Å². The molecule has 5 rings (SSSR count). The maximum absolute atomic E-state index is 11.4. The molecule has 32 heavy (non-hydrogen) atoms. The summed E-state index contributed by atoms with van der Waals surface area (Å²) < 4.78 is 17.5. The first-order chi connectivity index (χ1) is 15.6. The van der Waals surface area contributed by atoms with E-state index in [1.54, 1.807) is 7.11 Å². The van der Waals surface area contributed by atoms with Gasteiger partial charge in [0.15, 0.2) is 0 Å². The molecule has 0 aliphatic carbocycles. The summed E-state index contributed by atoms with van der Waals surface area (Å²) >= 11 is 0. The summed E-state index contributed by atoms with van der Waals surface area (Å²) in [5, 5.41) is 16.0. The van der Waals surface area contributed by atoms with Crippen LogP contribution in [-0.2, 0) is 22.4 Å². The molecule has 2 aromatic carbocycles. The van der Waals surface area contributed by atoms with Crippen LogP contribution in [-0.4, -0.2) is 54.3 Å². The van der Waals surface area contributed by atoms with Crippen LogP contribution in [0, 0.1) is 6.92 Å². The molecule has 0 saturated carbocycles. The third-order valence-corrected chi connectivity index (χ3v) is 6.76. The molecule has 6 heteroatoms. The molecule has 0 bridgehead atoms. The van der Waals surface area contributed by atoms with Crippen LogP contribution in [0.15, 0.2) is 54.7 Å². The minimum Gasteiger partial charge on any atom is -0.497 e. The van der Waals surface area contributed by atoms with Crippen molar-refractivity contribution in [1.82, 2.24) is 10.3 Å². The van der Waals surface area contributed by atoms with Gasteiger partial charge in [0.25, 0.3) is 0 Å². The summed E-state index contributed by atoms with van der Waals surface area (Å²) in [6, 6.07) is 16.5. The Hall–Kier alpha value is -2.51. The Morgan fingerprint density at radius 3 is 2.81 bits per heavy atom. The summed E-state index contributed by atoms with van der Waals surface area (Å²) in [6.07, 6.45) is 2.63. The molecule has 3 heterocycles. The van der Waals surface area contributed by atoms with Crippen LogP contribution in [0.2, 0.25) is 0 Å². The fourth-order valence-corrected chi connectivity index (χ4v) is 4.82. The first kappa shape index (κ1) is 21.3. The maximum Gasteiger partial charge on any atom is 0.119 e. The Balaban J connectivity index is 1.24. The number of benzene rings is 2. The molecule has 3 aromatic rings. The van der Waals surface area contributed by atoms with E-state index in [9.17, 15) is 5.11 Å². The van der Waals surface area contributed by atoms with E-state index in [1.165, 1.54) is 11.1 Å². The van der Waals surface area contributed by atoms with Gasteiger partial charge in [-0.25, -0.2) is 0 Å². The van der Waals surface area contributed by atoms with Gasteiger partial charge >= 0.3 is 0 Å². The van der Waals surface area contributed by atoms with Gasteiger partial charge in [-0.3, -0.25) is 4.98 Å². The summed E-state index contributed by atoms with van der Waals surface area (Å²) in [4.78, 5) is 4.45. The quantitative estimate of drug-likeness (QED) is 0.595. The topological polar surface area (TPSA) is 72.8 Å². The lowest BCUT2D eigenvalue weighted by Crippen LogP contribution is -2.45. The molecule has 1 aromatic heterocycles. The zero-order valence-corrected chi connectivity index (χ0v) is 18.6. The van der Waals surface area contributed by atoms with Crippen LogP contribution in [0.4, 0.5) is 0 Å². The van der Waals surface area contributed by atoms with Crippen LogP contribution in [0.1, 0.15) is 23.1 Å². The predicted octanol–water partition coefficient (Wildman–Crippen LogP) is 3.17. The molecule has 0 spiro atoms. The number of pyridine rings is 1. The average Bonchev–Trinajstić information content (AvgIpc) is 3.38. The highest BCUT2D eigenvalue weighted by atomic mass is 16.6. The Kier molecular flexibility index (Phi) is 5.86. The summed E-state index contributed by atoms with van der Waals surface area (Å²) in [6.45, 7) is 3.67. The van der Waals surface area contributed by atoms with Crippen molar-refractivity contribution >= 4 is 10.9 Å². The first-order valence-corrected chi connectivity index (χ1v) is 11.2. The van der Waals surface area contributed by atoms with Crippen molar-refractivity contribution in [3.05, 3.63) is 71.4 Å². The highest BCUT2D eigenvalue weighted by molar-refractivity contribution is 5.83. The van der Waals surface area contributed by atoms with Crippen LogP contribution >= 0.6 is 0 Å². The first-order valence-electron chi connectivity index (χ1n) is 11.2. The number of aromatic nitrogens is 1. The third-order valence-electron chi connectivity index (χ3n) is 6.76. The summed E-state index contributed by atoms with van der Waals surface area (Å²) in [5.41, 5.74) is 3.54. The molecule has 2 N–H and O–H groups in total. The van der Waals surface area contributed by atoms with E-state index in [4.69, 9.17) is 14.2 Å². The summed E-state index contributed by atoms with van der Waals surface area (Å²) in [5.74, 6) is 0.802. The maximum atomic E-state index is 11.4. The van der Waals surface area contributed by atoms with Crippen molar-refractivity contribution in [2.24, 2.45) is 0 Å². The monoisotopic (exact) mass is 434 g/mol. The zero-order chi connectivity index (χ0) is 22.1. The number of nitrogens with zero attached hydrogens (tertiary/aromatic N) is 1. The van der Waals surface area contributed by atoms with Crippen molar-refractivity contribution in [3.8, 4) is 5.75 Å². The molecule has 2 saturated heterocycles. The number of aliphatic hydroxyl groups is 1. The average molecular weight is 435 g/mol. The highest BCUT2D eigenvalue weighted by Crippen LogP contribution is 2.37. The van der Waals surface area contributed by atoms with Gasteiger partial charge in [-0.1, -0.05) is 29.8 Å². The minimum atomic E-state index is -1.00. The van der Waals surface area contributed by atoms with Gasteiger partial charge in [0.2, 0.25) is 0 Å². The van der Waals surface area contributed by atoms with Gasteiger partial charge in [-0.05, 0) is 55.2 Å². The fraction of sp³-hybridized carbons (Fsp3) is 0.423. The molecule has 0 radical (unpaired) electrons. The Morgan fingerprint density at radius 1 is 1.16 bits per heavy atom. The zero-order valence-electron chi connectivity index (χ0n) is 18.6. The van der Waals surface area contributed by atoms with E-state index in [0.717, 1.165) is 28.8 Å². The van der Waals surface area contributed by atoms with Gasteiger partial charge in [-0.2, -0.15) is 0 Å². The standard InChI is InChI=1S/C26H30N2O4/c1-17-3-5-18(6-4-17)14-28-23-15-31-25-24(23)32-16-26(25,29)11-9-19-10-12-27-22-8-7-20(30-2)13-21(19)22/h3-8,10,12-13,23-25,28-29H,9,11,14-16H2,1-2H3/t23-,24+,25-,26+/m0/s1. The molecule has 2 aliphatic heterocycles. The molecular formula is C26H30N2O4. The number of fused-ring (bicyclic) bond motifs is 2. The molecule has 0 unspecified atom stereocenters. The normalized spacial score (nSPS) is 27.0. The van der Waals surface area contributed by atoms with Crippen molar-refractivity contribution < 1.29 is 19.3 Å². The predicted molar refractivity (Wildman–Crippen MR) is 123 cm³/mol. The van der Waals surface area contributed by atoms with Crippen LogP contribution in [0.3, 0.4) is 0 Å². The number of nitrogens with one attached hydrogen (secondary N) is 1. The van der Waals surface area contributed by atoms with E-state index < -0.39 is 5.60 Å². The number of methoxy groups -OCH3 is 1. The van der Waals surface area contributed by atoms with E-state index in [2.05, 4.69) is 41.5 Å². The van der Waals surface area contributed by atoms with Crippen molar-refractivity contribution in [3.63, 3.8) is 0 Å². The summed E-state index contributed by atoms with van der Waals surface area (Å²) in [7, 11) is 1.66. The number of hydrogen-bond donors (Lipinski definition) is 2. The largest absolute Gasteiger partial charge is 0.497 e. The van der Waals surface area contributed by atoms with E-state index in [-0.39, 0.29) is 24.9 Å². The Labute approximate surface area is 188 Å². The van der Waals surface area contributed by atoms with Gasteiger partial charge in [-0.15, -0.1) is 0 Å². The molecule has 6 nitrogen and oxygen atoms in total. The van der Waals surface area contributed by atoms with E-state index in [1.807, 2.05) is 30.5 Å². The van der Waals surface area contributed by atoms with Gasteiger partial charge < -0.3 is 24.6 Å². The molecule has 168 valence electrons. The number of ether oxygens (including phenoxy) is 3. The lowest BCUT2D eigenvalue weighted by Gasteiger charge is -2.27. The van der Waals surface area contributed by atoms with E-state index >= 15 is 0 Å². The molecule has 2 aliphatic rings.